The van der Waals surface area contributed by atoms with Crippen LogP contribution in [0, 0.1) is 17.6 Å². The number of fused-ring (bicyclic) bond motifs is 1. The van der Waals surface area contributed by atoms with Crippen LogP contribution < -0.4 is 14.8 Å². The quantitative estimate of drug-likeness (QED) is 0.604. The van der Waals surface area contributed by atoms with E-state index in [1.165, 1.54) is 24.4 Å². The zero-order valence-electron chi connectivity index (χ0n) is 16.8. The number of carbonyl (C=O) groups excluding carboxylic acids is 1. The summed E-state index contributed by atoms with van der Waals surface area (Å²) in [5.41, 5.74) is 0.306. The van der Waals surface area contributed by atoms with Gasteiger partial charge in [-0.2, -0.15) is 5.10 Å². The summed E-state index contributed by atoms with van der Waals surface area (Å²) < 4.78 is 41.7. The Morgan fingerprint density at radius 2 is 1.93 bits per heavy atom. The van der Waals surface area contributed by atoms with Gasteiger partial charge in [0.15, 0.2) is 11.6 Å². The molecule has 0 saturated heterocycles. The molecule has 30 heavy (non-hydrogen) atoms. The summed E-state index contributed by atoms with van der Waals surface area (Å²) in [6.07, 6.45) is 3.96. The SMILES string of the molecule is CC(=O)N[C@@H](C)COc1cc(F)c(-n2cc3ccc(OCC4CC4)cc3n2)c(F)c1. The van der Waals surface area contributed by atoms with Crippen LogP contribution in [-0.2, 0) is 4.79 Å². The third kappa shape index (κ3) is 4.69. The molecular weight excluding hydrogens is 392 g/mol. The summed E-state index contributed by atoms with van der Waals surface area (Å²) in [5, 5.41) is 7.70. The molecule has 3 aromatic rings. The van der Waals surface area contributed by atoms with Crippen LogP contribution in [0.1, 0.15) is 26.7 Å². The van der Waals surface area contributed by atoms with Gasteiger partial charge < -0.3 is 14.8 Å². The molecule has 2 aromatic carbocycles. The maximum atomic E-state index is 14.7. The van der Waals surface area contributed by atoms with Gasteiger partial charge in [-0.15, -0.1) is 0 Å². The Morgan fingerprint density at radius 1 is 1.20 bits per heavy atom. The summed E-state index contributed by atoms with van der Waals surface area (Å²) >= 11 is 0. The van der Waals surface area contributed by atoms with Crippen LogP contribution in [0.3, 0.4) is 0 Å². The maximum Gasteiger partial charge on any atom is 0.217 e. The second kappa shape index (κ2) is 8.30. The summed E-state index contributed by atoms with van der Waals surface area (Å²) in [6, 6.07) is 7.34. The molecule has 0 spiro atoms. The first kappa shape index (κ1) is 20.1. The van der Waals surface area contributed by atoms with E-state index in [1.54, 1.807) is 19.2 Å². The van der Waals surface area contributed by atoms with Crippen molar-refractivity contribution in [1.82, 2.24) is 15.1 Å². The van der Waals surface area contributed by atoms with Crippen LogP contribution in [-0.4, -0.2) is 34.9 Å². The Morgan fingerprint density at radius 3 is 2.60 bits per heavy atom. The Kier molecular flexibility index (Phi) is 5.57. The number of hydrogen-bond donors (Lipinski definition) is 1. The standard InChI is InChI=1S/C22H23F2N3O3/c1-13(25-14(2)28)11-29-18-7-19(23)22(20(24)8-18)27-10-16-5-6-17(9-21(16)26-27)30-12-15-3-4-15/h5-10,13,15H,3-4,11-12H2,1-2H3,(H,25,28)/t13-/m0/s1. The predicted molar refractivity (Wildman–Crippen MR) is 108 cm³/mol. The number of halogens is 2. The molecule has 1 aromatic heterocycles. The zero-order valence-corrected chi connectivity index (χ0v) is 16.8. The molecule has 0 unspecified atom stereocenters. The summed E-state index contributed by atoms with van der Waals surface area (Å²) in [5.74, 6) is -0.435. The second-order valence-corrected chi connectivity index (χ2v) is 7.70. The van der Waals surface area contributed by atoms with E-state index < -0.39 is 11.6 Å². The Bertz CT molecular complexity index is 1060. The second-order valence-electron chi connectivity index (χ2n) is 7.70. The van der Waals surface area contributed by atoms with Gasteiger partial charge in [0.25, 0.3) is 0 Å². The molecule has 1 aliphatic rings. The fourth-order valence-electron chi connectivity index (χ4n) is 3.15. The van der Waals surface area contributed by atoms with Gasteiger partial charge in [-0.05, 0) is 37.8 Å². The van der Waals surface area contributed by atoms with E-state index >= 15 is 0 Å². The number of aromatic nitrogens is 2. The van der Waals surface area contributed by atoms with E-state index in [2.05, 4.69) is 10.4 Å². The number of rotatable bonds is 8. The molecule has 1 amide bonds. The monoisotopic (exact) mass is 415 g/mol. The van der Waals surface area contributed by atoms with Crippen LogP contribution in [0.25, 0.3) is 16.6 Å². The number of ether oxygens (including phenoxy) is 2. The molecule has 1 fully saturated rings. The molecule has 1 aliphatic carbocycles. The smallest absolute Gasteiger partial charge is 0.217 e. The summed E-state index contributed by atoms with van der Waals surface area (Å²) in [6.45, 7) is 3.89. The van der Waals surface area contributed by atoms with Crippen LogP contribution >= 0.6 is 0 Å². The molecule has 158 valence electrons. The average molecular weight is 415 g/mol. The highest BCUT2D eigenvalue weighted by atomic mass is 19.1. The highest BCUT2D eigenvalue weighted by Crippen LogP contribution is 2.31. The van der Waals surface area contributed by atoms with Gasteiger partial charge in [0.05, 0.1) is 18.2 Å². The van der Waals surface area contributed by atoms with E-state index in [4.69, 9.17) is 9.47 Å². The van der Waals surface area contributed by atoms with Crippen LogP contribution in [0.15, 0.2) is 36.5 Å². The van der Waals surface area contributed by atoms with Crippen LogP contribution in [0.5, 0.6) is 11.5 Å². The first-order valence-corrected chi connectivity index (χ1v) is 9.90. The predicted octanol–water partition coefficient (Wildman–Crippen LogP) is 4.00. The number of nitrogens with zero attached hydrogens (tertiary/aromatic N) is 2. The third-order valence-electron chi connectivity index (χ3n) is 4.83. The fourth-order valence-corrected chi connectivity index (χ4v) is 3.15. The molecule has 8 heteroatoms. The first-order chi connectivity index (χ1) is 14.4. The minimum atomic E-state index is -0.796. The molecular formula is C22H23F2N3O3. The molecule has 1 N–H and O–H groups in total. The number of nitrogens with one attached hydrogen (secondary N) is 1. The molecule has 6 nitrogen and oxygen atoms in total. The molecule has 0 bridgehead atoms. The lowest BCUT2D eigenvalue weighted by Crippen LogP contribution is -2.35. The van der Waals surface area contributed by atoms with Crippen LogP contribution in [0.4, 0.5) is 8.78 Å². The van der Waals surface area contributed by atoms with Crippen molar-refractivity contribution in [2.24, 2.45) is 5.92 Å². The molecule has 1 atom stereocenters. The van der Waals surface area contributed by atoms with Gasteiger partial charge >= 0.3 is 0 Å². The van der Waals surface area contributed by atoms with Gasteiger partial charge in [0, 0.05) is 36.7 Å². The number of benzene rings is 2. The maximum absolute atomic E-state index is 14.7. The number of carbonyl (C=O) groups is 1. The van der Waals surface area contributed by atoms with Gasteiger partial charge in [-0.1, -0.05) is 0 Å². The molecule has 0 radical (unpaired) electrons. The summed E-state index contributed by atoms with van der Waals surface area (Å²) in [7, 11) is 0. The Balaban J connectivity index is 1.52. The molecule has 1 saturated carbocycles. The van der Waals surface area contributed by atoms with E-state index in [0.717, 1.165) is 17.5 Å². The van der Waals surface area contributed by atoms with Crippen molar-refractivity contribution in [2.45, 2.75) is 32.7 Å². The number of amides is 1. The van der Waals surface area contributed by atoms with Gasteiger partial charge in [0.2, 0.25) is 5.91 Å². The third-order valence-corrected chi connectivity index (χ3v) is 4.83. The van der Waals surface area contributed by atoms with E-state index in [1.807, 2.05) is 12.1 Å². The van der Waals surface area contributed by atoms with Gasteiger partial charge in [0.1, 0.15) is 23.8 Å². The Labute approximate surface area is 172 Å². The van der Waals surface area contributed by atoms with Crippen molar-refractivity contribution in [3.05, 3.63) is 48.2 Å². The van der Waals surface area contributed by atoms with Crippen LogP contribution in [0.2, 0.25) is 0 Å². The van der Waals surface area contributed by atoms with Crippen molar-refractivity contribution in [2.75, 3.05) is 13.2 Å². The van der Waals surface area contributed by atoms with Crippen molar-refractivity contribution in [3.63, 3.8) is 0 Å². The normalized spacial score (nSPS) is 14.5. The van der Waals surface area contributed by atoms with E-state index in [9.17, 15) is 13.6 Å². The topological polar surface area (TPSA) is 65.4 Å². The lowest BCUT2D eigenvalue weighted by atomic mass is 10.2. The van der Waals surface area contributed by atoms with Crippen molar-refractivity contribution < 1.29 is 23.0 Å². The molecule has 0 aliphatic heterocycles. The molecule has 4 rings (SSSR count). The van der Waals surface area contributed by atoms with Crippen molar-refractivity contribution in [3.8, 4) is 17.2 Å². The zero-order chi connectivity index (χ0) is 21.3. The highest BCUT2D eigenvalue weighted by molar-refractivity contribution is 5.80. The highest BCUT2D eigenvalue weighted by Gasteiger charge is 2.22. The van der Waals surface area contributed by atoms with Crippen molar-refractivity contribution in [1.29, 1.82) is 0 Å². The van der Waals surface area contributed by atoms with E-state index in [0.29, 0.717) is 23.8 Å². The minimum absolute atomic E-state index is 0.0402. The largest absolute Gasteiger partial charge is 0.493 e. The minimum Gasteiger partial charge on any atom is -0.493 e. The average Bonchev–Trinajstić information content (AvgIpc) is 3.41. The van der Waals surface area contributed by atoms with Crippen molar-refractivity contribution >= 4 is 16.8 Å². The van der Waals surface area contributed by atoms with Gasteiger partial charge in [-0.25, -0.2) is 13.5 Å². The summed E-state index contributed by atoms with van der Waals surface area (Å²) in [4.78, 5) is 11.0. The molecule has 1 heterocycles. The number of hydrogen-bond acceptors (Lipinski definition) is 4. The first-order valence-electron chi connectivity index (χ1n) is 9.90. The fraction of sp³-hybridized carbons (Fsp3) is 0.364. The van der Waals surface area contributed by atoms with E-state index in [-0.39, 0.29) is 30.0 Å². The lowest BCUT2D eigenvalue weighted by Gasteiger charge is -2.14. The Hall–Kier alpha value is -3.16. The lowest BCUT2D eigenvalue weighted by molar-refractivity contribution is -0.119. The van der Waals surface area contributed by atoms with Gasteiger partial charge in [-0.3, -0.25) is 4.79 Å².